The summed E-state index contributed by atoms with van der Waals surface area (Å²) in [4.78, 5) is 2.58. The molecule has 0 atom stereocenters. The number of hydrogen-bond acceptors (Lipinski definition) is 2. The van der Waals surface area contributed by atoms with Gasteiger partial charge in [0.2, 0.25) is 0 Å². The monoisotopic (exact) mass is 215 g/mol. The van der Waals surface area contributed by atoms with Crippen LogP contribution in [-0.4, -0.2) is 45.4 Å². The van der Waals surface area contributed by atoms with Crippen molar-refractivity contribution in [2.75, 3.05) is 32.5 Å². The zero-order chi connectivity index (χ0) is 10.8. The largest absolute Gasteiger partial charge is 0.379 e. The second-order valence-electron chi connectivity index (χ2n) is 6.02. The van der Waals surface area contributed by atoms with Crippen LogP contribution in [-0.2, 0) is 4.74 Å². The van der Waals surface area contributed by atoms with Gasteiger partial charge in [0.05, 0.1) is 21.3 Å². The summed E-state index contributed by atoms with van der Waals surface area (Å²) in [5.74, 6) is 0. The van der Waals surface area contributed by atoms with Crippen LogP contribution < -0.4 is 0 Å². The molecule has 0 aromatic carbocycles. The van der Waals surface area contributed by atoms with Gasteiger partial charge in [-0.1, -0.05) is 33.9 Å². The van der Waals surface area contributed by atoms with E-state index >= 15 is 0 Å². The average Bonchev–Trinajstić information content (AvgIpc) is 2.03. The number of hydrogen-bond donors (Lipinski definition) is 0. The van der Waals surface area contributed by atoms with Gasteiger partial charge in [-0.3, -0.25) is 0 Å². The maximum absolute atomic E-state index is 5.37. The Hall–Kier alpha value is 0.137. The topological polar surface area (TPSA) is 12.5 Å². The first-order valence-electron chi connectivity index (χ1n) is 5.63. The van der Waals surface area contributed by atoms with E-state index in [9.17, 15) is 0 Å². The maximum atomic E-state index is 5.37. The van der Waals surface area contributed by atoms with E-state index in [0.717, 1.165) is 26.3 Å². The van der Waals surface area contributed by atoms with Crippen LogP contribution >= 0.6 is 0 Å². The third-order valence-corrected chi connectivity index (χ3v) is 9.05. The molecule has 0 saturated carbocycles. The Morgan fingerprint density at radius 1 is 1.14 bits per heavy atom. The second kappa shape index (κ2) is 4.33. The molecule has 0 bridgehead atoms. The van der Waals surface area contributed by atoms with Gasteiger partial charge in [-0.25, -0.2) is 0 Å². The van der Waals surface area contributed by atoms with Crippen LogP contribution in [0.1, 0.15) is 20.8 Å². The predicted molar refractivity (Wildman–Crippen MR) is 64.5 cm³/mol. The summed E-state index contributed by atoms with van der Waals surface area (Å²) in [6.45, 7) is 16.3. The van der Waals surface area contributed by atoms with Gasteiger partial charge in [-0.05, 0) is 11.2 Å². The lowest BCUT2D eigenvalue weighted by Gasteiger charge is -2.41. The smallest absolute Gasteiger partial charge is 0.0682 e. The van der Waals surface area contributed by atoms with Crippen LogP contribution in [0.4, 0.5) is 0 Å². The molecule has 0 radical (unpaired) electrons. The Bertz CT molecular complexity index is 180. The molecular weight excluding hydrogens is 190 g/mol. The highest BCUT2D eigenvalue weighted by atomic mass is 28.3. The van der Waals surface area contributed by atoms with Crippen LogP contribution in [0.3, 0.4) is 0 Å². The molecule has 0 unspecified atom stereocenters. The van der Waals surface area contributed by atoms with Gasteiger partial charge in [0.25, 0.3) is 0 Å². The Morgan fingerprint density at radius 2 is 1.64 bits per heavy atom. The van der Waals surface area contributed by atoms with E-state index in [1.807, 2.05) is 0 Å². The van der Waals surface area contributed by atoms with Gasteiger partial charge < -0.3 is 9.64 Å². The third-order valence-electron chi connectivity index (χ3n) is 3.75. The lowest BCUT2D eigenvalue weighted by atomic mass is 10.2. The van der Waals surface area contributed by atoms with E-state index in [1.165, 1.54) is 6.17 Å². The van der Waals surface area contributed by atoms with Gasteiger partial charge in [-0.2, -0.15) is 0 Å². The van der Waals surface area contributed by atoms with Crippen molar-refractivity contribution >= 4 is 8.07 Å². The molecule has 2 nitrogen and oxygen atoms in total. The molecule has 1 fully saturated rings. The van der Waals surface area contributed by atoms with Crippen LogP contribution in [0.2, 0.25) is 18.1 Å². The fraction of sp³-hybridized carbons (Fsp3) is 1.00. The zero-order valence-corrected chi connectivity index (χ0v) is 11.4. The van der Waals surface area contributed by atoms with Crippen molar-refractivity contribution in [1.82, 2.24) is 4.90 Å². The van der Waals surface area contributed by atoms with Gasteiger partial charge >= 0.3 is 0 Å². The highest BCUT2D eigenvalue weighted by Crippen LogP contribution is 2.36. The van der Waals surface area contributed by atoms with E-state index in [-0.39, 0.29) is 0 Å². The standard InChI is InChI=1S/C11H25NOSi/c1-11(2,3)14(4,5)10-12-6-8-13-9-7-12/h6-10H2,1-5H3. The Labute approximate surface area is 89.6 Å². The predicted octanol–water partition coefficient (Wildman–Crippen LogP) is 2.37. The summed E-state index contributed by atoms with van der Waals surface area (Å²) in [5, 5.41) is 0.505. The van der Waals surface area contributed by atoms with Crippen molar-refractivity contribution in [3.63, 3.8) is 0 Å². The van der Waals surface area contributed by atoms with Crippen LogP contribution in [0.25, 0.3) is 0 Å². The van der Waals surface area contributed by atoms with Gasteiger partial charge in [0, 0.05) is 13.1 Å². The minimum absolute atomic E-state index is 0.505. The lowest BCUT2D eigenvalue weighted by molar-refractivity contribution is 0.0451. The average molecular weight is 215 g/mol. The van der Waals surface area contributed by atoms with Crippen LogP contribution in [0, 0.1) is 0 Å². The number of ether oxygens (including phenoxy) is 1. The molecule has 84 valence electrons. The molecular formula is C11H25NOSi. The molecule has 1 aliphatic heterocycles. The molecule has 0 aromatic rings. The van der Waals surface area contributed by atoms with Crippen molar-refractivity contribution in [2.45, 2.75) is 38.9 Å². The molecule has 0 spiro atoms. The summed E-state index contributed by atoms with van der Waals surface area (Å²) in [7, 11) is -1.12. The summed E-state index contributed by atoms with van der Waals surface area (Å²) in [5.41, 5.74) is 0. The molecule has 1 rings (SSSR count). The van der Waals surface area contributed by atoms with Crippen molar-refractivity contribution < 1.29 is 4.74 Å². The maximum Gasteiger partial charge on any atom is 0.0682 e. The van der Waals surface area contributed by atoms with Crippen molar-refractivity contribution in [3.8, 4) is 0 Å². The first-order chi connectivity index (χ1) is 6.33. The molecule has 1 heterocycles. The quantitative estimate of drug-likeness (QED) is 0.656. The molecule has 1 saturated heterocycles. The molecule has 0 aromatic heterocycles. The fourth-order valence-electron chi connectivity index (χ4n) is 1.56. The Balaban J connectivity index is 2.49. The fourth-order valence-corrected chi connectivity index (χ4v) is 3.46. The highest BCUT2D eigenvalue weighted by molar-refractivity contribution is 6.80. The number of rotatable bonds is 2. The van der Waals surface area contributed by atoms with Crippen molar-refractivity contribution in [1.29, 1.82) is 0 Å². The molecule has 14 heavy (non-hydrogen) atoms. The first-order valence-corrected chi connectivity index (χ1v) is 8.84. The van der Waals surface area contributed by atoms with E-state index in [2.05, 4.69) is 38.8 Å². The van der Waals surface area contributed by atoms with E-state index < -0.39 is 8.07 Å². The minimum Gasteiger partial charge on any atom is -0.379 e. The highest BCUT2D eigenvalue weighted by Gasteiger charge is 2.36. The van der Waals surface area contributed by atoms with Crippen molar-refractivity contribution in [3.05, 3.63) is 0 Å². The molecule has 1 aliphatic rings. The summed E-state index contributed by atoms with van der Waals surface area (Å²) in [6, 6.07) is 0. The summed E-state index contributed by atoms with van der Waals surface area (Å²) in [6.07, 6.45) is 1.32. The van der Waals surface area contributed by atoms with E-state index in [1.54, 1.807) is 0 Å². The second-order valence-corrected chi connectivity index (χ2v) is 11.6. The number of morpholine rings is 1. The van der Waals surface area contributed by atoms with Crippen molar-refractivity contribution in [2.24, 2.45) is 0 Å². The SMILES string of the molecule is CC(C)(C)[Si](C)(C)CN1CCOCC1. The van der Waals surface area contributed by atoms with Gasteiger partial charge in [0.15, 0.2) is 0 Å². The van der Waals surface area contributed by atoms with Gasteiger partial charge in [0.1, 0.15) is 0 Å². The molecule has 0 N–H and O–H groups in total. The Morgan fingerprint density at radius 3 is 2.07 bits per heavy atom. The number of nitrogens with zero attached hydrogens (tertiary/aromatic N) is 1. The minimum atomic E-state index is -1.12. The van der Waals surface area contributed by atoms with E-state index in [0.29, 0.717) is 5.04 Å². The third kappa shape index (κ3) is 3.07. The normalized spacial score (nSPS) is 21.2. The van der Waals surface area contributed by atoms with E-state index in [4.69, 9.17) is 4.74 Å². The first kappa shape index (κ1) is 12.2. The molecule has 0 amide bonds. The zero-order valence-electron chi connectivity index (χ0n) is 10.4. The van der Waals surface area contributed by atoms with Crippen LogP contribution in [0.5, 0.6) is 0 Å². The molecule has 0 aliphatic carbocycles. The van der Waals surface area contributed by atoms with Gasteiger partial charge in [-0.15, -0.1) is 0 Å². The molecule has 3 heteroatoms. The lowest BCUT2D eigenvalue weighted by Crippen LogP contribution is -2.51. The van der Waals surface area contributed by atoms with Crippen LogP contribution in [0.15, 0.2) is 0 Å². The Kier molecular flexibility index (Phi) is 3.78. The summed E-state index contributed by atoms with van der Waals surface area (Å²) < 4.78 is 5.37. The summed E-state index contributed by atoms with van der Waals surface area (Å²) >= 11 is 0.